The highest BCUT2D eigenvalue weighted by atomic mass is 16.5. The highest BCUT2D eigenvalue weighted by Gasteiger charge is 2.00. The van der Waals surface area contributed by atoms with Crippen LogP contribution >= 0.6 is 0 Å². The molecule has 0 amide bonds. The first-order valence-corrected chi connectivity index (χ1v) is 7.21. The van der Waals surface area contributed by atoms with Crippen molar-refractivity contribution in [2.24, 2.45) is 15.2 Å². The molecule has 5 nitrogen and oxygen atoms in total. The third kappa shape index (κ3) is 3.71. The molecular weight excluding hydrogens is 288 g/mol. The molecule has 2 aromatic rings. The highest BCUT2D eigenvalue weighted by molar-refractivity contribution is 6.18. The van der Waals surface area contributed by atoms with E-state index in [1.54, 1.807) is 6.07 Å². The first-order chi connectivity index (χ1) is 11.2. The normalized spacial score (nSPS) is 14.2. The van der Waals surface area contributed by atoms with Crippen molar-refractivity contribution >= 4 is 17.1 Å². The number of benzene rings is 1. The van der Waals surface area contributed by atoms with Crippen LogP contribution in [0.5, 0.6) is 0 Å². The average molecular weight is 304 g/mol. The smallest absolute Gasteiger partial charge is 0.192 e. The van der Waals surface area contributed by atoms with Crippen molar-refractivity contribution in [3.63, 3.8) is 0 Å². The molecule has 0 atom stereocenters. The van der Waals surface area contributed by atoms with Crippen LogP contribution < -0.4 is 5.49 Å². The predicted octanol–water partition coefficient (Wildman–Crippen LogP) is 3.19. The minimum absolute atomic E-state index is 0.408. The maximum Gasteiger partial charge on any atom is 0.192 e. The maximum atomic E-state index is 9.73. The van der Waals surface area contributed by atoms with Gasteiger partial charge >= 0.3 is 0 Å². The Hall–Kier alpha value is -3.21. The molecule has 0 aliphatic heterocycles. The largest absolute Gasteiger partial charge is 0.427 e. The van der Waals surface area contributed by atoms with Crippen molar-refractivity contribution in [3.8, 4) is 0 Å². The second-order valence-electron chi connectivity index (χ2n) is 5.02. The van der Waals surface area contributed by atoms with Gasteiger partial charge in [0.15, 0.2) is 5.49 Å². The van der Waals surface area contributed by atoms with E-state index in [9.17, 15) is 5.21 Å². The Morgan fingerprint density at radius 3 is 2.22 bits per heavy atom. The molecule has 0 saturated carbocycles. The predicted molar refractivity (Wildman–Crippen MR) is 91.2 cm³/mol. The molecule has 1 aliphatic carbocycles. The summed E-state index contributed by atoms with van der Waals surface area (Å²) >= 11 is 0. The van der Waals surface area contributed by atoms with Gasteiger partial charge in [-0.05, 0) is 55.0 Å². The monoisotopic (exact) mass is 304 g/mol. The zero-order valence-electron chi connectivity index (χ0n) is 12.7. The van der Waals surface area contributed by atoms with Crippen LogP contribution in [0, 0.1) is 6.92 Å². The first kappa shape index (κ1) is 14.7. The molecular formula is C18H16N4O. The lowest BCUT2D eigenvalue weighted by atomic mass is 10.1. The van der Waals surface area contributed by atoms with Crippen LogP contribution in [0.4, 0.5) is 5.69 Å². The lowest BCUT2D eigenvalue weighted by Crippen LogP contribution is -2.20. The molecule has 0 fully saturated rings. The zero-order valence-corrected chi connectivity index (χ0v) is 12.7. The summed E-state index contributed by atoms with van der Waals surface area (Å²) in [4.78, 5) is 4.51. The van der Waals surface area contributed by atoms with Gasteiger partial charge in [-0.15, -0.1) is 10.2 Å². The number of rotatable bonds is 2. The van der Waals surface area contributed by atoms with E-state index in [1.807, 2.05) is 67.6 Å². The number of nitrogens with zero attached hydrogens (tertiary/aromatic N) is 4. The molecule has 0 saturated heterocycles. The number of aryl methyl sites for hydroxylation is 1. The van der Waals surface area contributed by atoms with Crippen LogP contribution in [-0.4, -0.2) is 21.4 Å². The number of aliphatic imine (C=N–C) groups is 1. The molecule has 3 rings (SSSR count). The van der Waals surface area contributed by atoms with Gasteiger partial charge in [0.2, 0.25) is 0 Å². The van der Waals surface area contributed by atoms with Gasteiger partial charge in [-0.1, -0.05) is 24.3 Å². The maximum absolute atomic E-state index is 9.73. The van der Waals surface area contributed by atoms with E-state index < -0.39 is 0 Å². The van der Waals surface area contributed by atoms with Crippen molar-refractivity contribution in [2.45, 2.75) is 6.92 Å². The Morgan fingerprint density at radius 1 is 0.826 bits per heavy atom. The second-order valence-corrected chi connectivity index (χ2v) is 5.02. The van der Waals surface area contributed by atoms with Crippen LogP contribution in [0.25, 0.3) is 0 Å². The standard InChI is InChI=1S/C18H16N4O/c1-14-6-5-13-22(23)18(14)21-20-17-11-9-16(10-12-17)19-15-7-3-2-4-8-15/h2-13,23H,1H3/b19-16?,20-17?,21-18+. The number of allylic oxidation sites excluding steroid dienone is 4. The van der Waals surface area contributed by atoms with Gasteiger partial charge < -0.3 is 5.21 Å². The van der Waals surface area contributed by atoms with Gasteiger partial charge in [-0.3, -0.25) is 0 Å². The van der Waals surface area contributed by atoms with Gasteiger partial charge in [0, 0.05) is 6.20 Å². The number of aromatic nitrogens is 1. The van der Waals surface area contributed by atoms with Gasteiger partial charge in [-0.2, -0.15) is 4.73 Å². The fraction of sp³-hybridized carbons (Fsp3) is 0.0556. The summed E-state index contributed by atoms with van der Waals surface area (Å²) in [6.07, 6.45) is 8.96. The van der Waals surface area contributed by atoms with Gasteiger partial charge in [0.05, 0.1) is 17.1 Å². The summed E-state index contributed by atoms with van der Waals surface area (Å²) in [5, 5.41) is 18.0. The van der Waals surface area contributed by atoms with Crippen molar-refractivity contribution < 1.29 is 5.21 Å². The third-order valence-electron chi connectivity index (χ3n) is 3.27. The quantitative estimate of drug-likeness (QED) is 0.517. The molecule has 1 aromatic heterocycles. The van der Waals surface area contributed by atoms with Gasteiger partial charge in [0.1, 0.15) is 0 Å². The van der Waals surface area contributed by atoms with E-state index in [2.05, 4.69) is 15.2 Å². The summed E-state index contributed by atoms with van der Waals surface area (Å²) in [6.45, 7) is 1.86. The van der Waals surface area contributed by atoms with E-state index >= 15 is 0 Å². The van der Waals surface area contributed by atoms with E-state index in [1.165, 1.54) is 6.20 Å². The lowest BCUT2D eigenvalue weighted by molar-refractivity contribution is 0.171. The molecule has 23 heavy (non-hydrogen) atoms. The van der Waals surface area contributed by atoms with Gasteiger partial charge in [0.25, 0.3) is 0 Å². The minimum atomic E-state index is 0.408. The molecule has 0 spiro atoms. The van der Waals surface area contributed by atoms with Gasteiger partial charge in [-0.25, -0.2) is 4.99 Å². The molecule has 0 unspecified atom stereocenters. The Balaban J connectivity index is 1.82. The molecule has 0 bridgehead atoms. The Morgan fingerprint density at radius 2 is 1.52 bits per heavy atom. The van der Waals surface area contributed by atoms with Crippen LogP contribution in [0.2, 0.25) is 0 Å². The van der Waals surface area contributed by atoms with Crippen LogP contribution in [0.1, 0.15) is 5.56 Å². The van der Waals surface area contributed by atoms with Crippen LogP contribution in [-0.2, 0) is 0 Å². The summed E-state index contributed by atoms with van der Waals surface area (Å²) in [5.74, 6) is 0. The number of pyridine rings is 1. The van der Waals surface area contributed by atoms with E-state index in [4.69, 9.17) is 0 Å². The highest BCUT2D eigenvalue weighted by Crippen LogP contribution is 2.12. The SMILES string of the molecule is Cc1cccn(O)/c1=N/N=C1C=CC(=Nc2ccccc2)C=C1. The molecule has 5 heteroatoms. The summed E-state index contributed by atoms with van der Waals surface area (Å²) in [5.41, 5.74) is 3.70. The second kappa shape index (κ2) is 6.70. The number of hydrogen-bond donors (Lipinski definition) is 1. The number of hydrogen-bond acceptors (Lipinski definition) is 4. The Labute approximate surface area is 133 Å². The number of para-hydroxylation sites is 1. The molecule has 0 radical (unpaired) electrons. The first-order valence-electron chi connectivity index (χ1n) is 7.21. The fourth-order valence-electron chi connectivity index (χ4n) is 2.07. The Kier molecular flexibility index (Phi) is 4.29. The summed E-state index contributed by atoms with van der Waals surface area (Å²) in [6, 6.07) is 13.4. The van der Waals surface area contributed by atoms with Crippen molar-refractivity contribution in [1.82, 2.24) is 4.73 Å². The van der Waals surface area contributed by atoms with Crippen molar-refractivity contribution in [1.29, 1.82) is 0 Å². The topological polar surface area (TPSA) is 62.2 Å². The molecule has 1 N–H and O–H groups in total. The van der Waals surface area contributed by atoms with E-state index in [0.29, 0.717) is 11.2 Å². The third-order valence-corrected chi connectivity index (χ3v) is 3.27. The molecule has 1 aromatic carbocycles. The molecule has 1 heterocycles. The lowest BCUT2D eigenvalue weighted by Gasteiger charge is -2.02. The molecule has 1 aliphatic rings. The Bertz CT molecular complexity index is 845. The average Bonchev–Trinajstić information content (AvgIpc) is 2.57. The van der Waals surface area contributed by atoms with Crippen molar-refractivity contribution in [2.75, 3.05) is 0 Å². The minimum Gasteiger partial charge on any atom is -0.427 e. The molecule has 114 valence electrons. The van der Waals surface area contributed by atoms with E-state index in [-0.39, 0.29) is 0 Å². The summed E-state index contributed by atoms with van der Waals surface area (Å²) < 4.78 is 0.956. The van der Waals surface area contributed by atoms with Crippen molar-refractivity contribution in [3.05, 3.63) is 84.0 Å². The zero-order chi connectivity index (χ0) is 16.1. The van der Waals surface area contributed by atoms with Crippen LogP contribution in [0.3, 0.4) is 0 Å². The fourth-order valence-corrected chi connectivity index (χ4v) is 2.07. The van der Waals surface area contributed by atoms with Crippen LogP contribution in [0.15, 0.2) is 88.2 Å². The van der Waals surface area contributed by atoms with E-state index in [0.717, 1.165) is 21.7 Å². The summed E-state index contributed by atoms with van der Waals surface area (Å²) in [7, 11) is 0.